The summed E-state index contributed by atoms with van der Waals surface area (Å²) >= 11 is 0. The van der Waals surface area contributed by atoms with E-state index in [0.29, 0.717) is 0 Å². The molecule has 0 spiro atoms. The predicted molar refractivity (Wildman–Crippen MR) is 116 cm³/mol. The lowest BCUT2D eigenvalue weighted by molar-refractivity contribution is 0.452. The van der Waals surface area contributed by atoms with Gasteiger partial charge in [-0.25, -0.2) is 0 Å². The highest BCUT2D eigenvalue weighted by molar-refractivity contribution is 5.95. The standard InChI is InChI=1S/C25H17N3O/c26-14-10-12-15(13-11-14)28-18-6-1-4-16-22(18)25-23-17(27-16)5-2-8-20(23)29-21-9-3-7-19(28)24(21)25/h1-13,25,27H,26H2. The van der Waals surface area contributed by atoms with Crippen LogP contribution >= 0.6 is 0 Å². The first-order chi connectivity index (χ1) is 14.3. The van der Waals surface area contributed by atoms with Gasteiger partial charge in [-0.1, -0.05) is 18.2 Å². The smallest absolute Gasteiger partial charge is 0.133 e. The number of ether oxygens (including phenoxy) is 1. The summed E-state index contributed by atoms with van der Waals surface area (Å²) in [6, 6.07) is 27.1. The van der Waals surface area contributed by atoms with Crippen molar-refractivity contribution in [1.82, 2.24) is 0 Å². The number of nitrogen functional groups attached to an aromatic ring is 1. The zero-order chi connectivity index (χ0) is 19.1. The summed E-state index contributed by atoms with van der Waals surface area (Å²) in [5.41, 5.74) is 16.2. The molecular formula is C25H17N3O. The van der Waals surface area contributed by atoms with E-state index in [2.05, 4.69) is 70.9 Å². The largest absolute Gasteiger partial charge is 0.457 e. The predicted octanol–water partition coefficient (Wildman–Crippen LogP) is 6.39. The van der Waals surface area contributed by atoms with Gasteiger partial charge in [0.25, 0.3) is 0 Å². The Morgan fingerprint density at radius 3 is 2.10 bits per heavy atom. The van der Waals surface area contributed by atoms with E-state index >= 15 is 0 Å². The fourth-order valence-corrected chi connectivity index (χ4v) is 5.03. The van der Waals surface area contributed by atoms with Crippen molar-refractivity contribution in [2.45, 2.75) is 5.92 Å². The molecule has 138 valence electrons. The molecule has 4 nitrogen and oxygen atoms in total. The fourth-order valence-electron chi connectivity index (χ4n) is 5.03. The number of nitrogens with one attached hydrogen (secondary N) is 1. The molecule has 7 rings (SSSR count). The van der Waals surface area contributed by atoms with E-state index < -0.39 is 0 Å². The van der Waals surface area contributed by atoms with Crippen LogP contribution < -0.4 is 20.7 Å². The van der Waals surface area contributed by atoms with E-state index in [1.807, 2.05) is 18.2 Å². The van der Waals surface area contributed by atoms with Crippen molar-refractivity contribution in [3.8, 4) is 11.5 Å². The van der Waals surface area contributed by atoms with Gasteiger partial charge in [0.15, 0.2) is 0 Å². The van der Waals surface area contributed by atoms with Crippen LogP contribution in [0, 0.1) is 0 Å². The first kappa shape index (κ1) is 15.1. The van der Waals surface area contributed by atoms with Crippen molar-refractivity contribution in [1.29, 1.82) is 0 Å². The van der Waals surface area contributed by atoms with Crippen LogP contribution in [-0.4, -0.2) is 0 Å². The molecular weight excluding hydrogens is 358 g/mol. The molecule has 3 heterocycles. The highest BCUT2D eigenvalue weighted by atomic mass is 16.5. The molecule has 0 radical (unpaired) electrons. The summed E-state index contributed by atoms with van der Waals surface area (Å²) in [7, 11) is 0. The van der Waals surface area contributed by atoms with Crippen LogP contribution in [0.2, 0.25) is 0 Å². The second-order valence-corrected chi connectivity index (χ2v) is 7.73. The SMILES string of the molecule is Nc1ccc(N2c3cccc4c3C3c5c(cccc5Oc5cccc2c53)N4)cc1. The lowest BCUT2D eigenvalue weighted by Gasteiger charge is -2.44. The van der Waals surface area contributed by atoms with Crippen LogP contribution in [0.5, 0.6) is 11.5 Å². The monoisotopic (exact) mass is 375 g/mol. The third-order valence-electron chi connectivity index (χ3n) is 6.18. The highest BCUT2D eigenvalue weighted by Gasteiger charge is 2.43. The van der Waals surface area contributed by atoms with Gasteiger partial charge >= 0.3 is 0 Å². The zero-order valence-electron chi connectivity index (χ0n) is 15.5. The maximum absolute atomic E-state index is 6.37. The number of anilines is 6. The molecule has 3 N–H and O–H groups in total. The van der Waals surface area contributed by atoms with Gasteiger partial charge in [0, 0.05) is 45.4 Å². The lowest BCUT2D eigenvalue weighted by atomic mass is 9.75. The Morgan fingerprint density at radius 2 is 1.31 bits per heavy atom. The molecule has 0 fully saturated rings. The van der Waals surface area contributed by atoms with Gasteiger partial charge in [-0.05, 0) is 60.7 Å². The van der Waals surface area contributed by atoms with Gasteiger partial charge in [0.05, 0.1) is 11.4 Å². The Balaban J connectivity index is 1.60. The van der Waals surface area contributed by atoms with Gasteiger partial charge in [-0.15, -0.1) is 0 Å². The summed E-state index contributed by atoms with van der Waals surface area (Å²) in [4.78, 5) is 2.32. The molecule has 3 aliphatic heterocycles. The molecule has 0 aromatic heterocycles. The van der Waals surface area contributed by atoms with E-state index in [1.165, 1.54) is 22.4 Å². The summed E-state index contributed by atoms with van der Waals surface area (Å²) in [5.74, 6) is 2.03. The fraction of sp³-hybridized carbons (Fsp3) is 0.0400. The van der Waals surface area contributed by atoms with Crippen LogP contribution in [-0.2, 0) is 0 Å². The van der Waals surface area contributed by atoms with E-state index in [-0.39, 0.29) is 5.92 Å². The third kappa shape index (κ3) is 1.83. The summed E-state index contributed by atoms with van der Waals surface area (Å²) in [6.07, 6.45) is 0. The van der Waals surface area contributed by atoms with E-state index in [4.69, 9.17) is 10.5 Å². The normalized spacial score (nSPS) is 16.6. The van der Waals surface area contributed by atoms with Gasteiger partial charge in [0.1, 0.15) is 11.5 Å². The summed E-state index contributed by atoms with van der Waals surface area (Å²) < 4.78 is 6.37. The van der Waals surface area contributed by atoms with E-state index in [9.17, 15) is 0 Å². The number of nitrogens with two attached hydrogens (primary N) is 1. The summed E-state index contributed by atoms with van der Waals surface area (Å²) in [5, 5.41) is 3.63. The average Bonchev–Trinajstić information content (AvgIpc) is 2.75. The van der Waals surface area contributed by atoms with Crippen molar-refractivity contribution in [2.24, 2.45) is 0 Å². The Bertz CT molecular complexity index is 1250. The molecule has 4 heteroatoms. The second-order valence-electron chi connectivity index (χ2n) is 7.73. The molecule has 4 aromatic carbocycles. The minimum atomic E-state index is 0.165. The highest BCUT2D eigenvalue weighted by Crippen LogP contribution is 2.63. The van der Waals surface area contributed by atoms with Crippen molar-refractivity contribution in [2.75, 3.05) is 16.0 Å². The second kappa shape index (κ2) is 5.11. The van der Waals surface area contributed by atoms with Crippen LogP contribution in [0.15, 0.2) is 78.9 Å². The summed E-state index contributed by atoms with van der Waals surface area (Å²) in [6.45, 7) is 0. The van der Waals surface area contributed by atoms with Crippen LogP contribution in [0.1, 0.15) is 22.6 Å². The number of benzene rings is 4. The zero-order valence-corrected chi connectivity index (χ0v) is 15.5. The topological polar surface area (TPSA) is 50.5 Å². The number of rotatable bonds is 1. The number of hydrogen-bond donors (Lipinski definition) is 2. The van der Waals surface area contributed by atoms with E-state index in [0.717, 1.165) is 39.9 Å². The van der Waals surface area contributed by atoms with Gasteiger partial charge in [-0.3, -0.25) is 0 Å². The molecule has 29 heavy (non-hydrogen) atoms. The molecule has 1 unspecified atom stereocenters. The maximum Gasteiger partial charge on any atom is 0.133 e. The van der Waals surface area contributed by atoms with Crippen molar-refractivity contribution in [3.63, 3.8) is 0 Å². The van der Waals surface area contributed by atoms with Crippen LogP contribution in [0.3, 0.4) is 0 Å². The Kier molecular flexibility index (Phi) is 2.66. The minimum absolute atomic E-state index is 0.165. The van der Waals surface area contributed by atoms with Gasteiger partial charge in [-0.2, -0.15) is 0 Å². The Morgan fingerprint density at radius 1 is 0.690 bits per heavy atom. The third-order valence-corrected chi connectivity index (χ3v) is 6.18. The van der Waals surface area contributed by atoms with Crippen molar-refractivity contribution < 1.29 is 4.74 Å². The Labute approximate surface area is 168 Å². The van der Waals surface area contributed by atoms with Crippen LogP contribution in [0.25, 0.3) is 0 Å². The lowest BCUT2D eigenvalue weighted by Crippen LogP contribution is -2.28. The molecule has 0 amide bonds. The molecule has 3 aliphatic rings. The molecule has 0 aliphatic carbocycles. The molecule has 0 saturated heterocycles. The first-order valence-corrected chi connectivity index (χ1v) is 9.79. The molecule has 0 saturated carbocycles. The first-order valence-electron chi connectivity index (χ1n) is 9.79. The average molecular weight is 375 g/mol. The van der Waals surface area contributed by atoms with E-state index in [1.54, 1.807) is 0 Å². The number of hydrogen-bond acceptors (Lipinski definition) is 4. The van der Waals surface area contributed by atoms with Crippen LogP contribution in [0.4, 0.5) is 34.1 Å². The van der Waals surface area contributed by atoms with Crippen molar-refractivity contribution >= 4 is 34.1 Å². The van der Waals surface area contributed by atoms with Crippen molar-refractivity contribution in [3.05, 3.63) is 95.6 Å². The quantitative estimate of drug-likeness (QED) is 0.326. The molecule has 0 bridgehead atoms. The maximum atomic E-state index is 6.37. The van der Waals surface area contributed by atoms with Gasteiger partial charge < -0.3 is 20.7 Å². The molecule has 4 aromatic rings. The van der Waals surface area contributed by atoms with Gasteiger partial charge in [0.2, 0.25) is 0 Å². The number of nitrogens with zero attached hydrogens (tertiary/aromatic N) is 1. The molecule has 1 atom stereocenters. The Hall–Kier alpha value is -3.92. The minimum Gasteiger partial charge on any atom is -0.457 e.